The molecular weight excluding hydrogens is 148 g/mol. The molecule has 0 saturated carbocycles. The molecule has 2 unspecified atom stereocenters. The molecule has 0 radical (unpaired) electrons. The maximum atomic E-state index is 9.31. The molecule has 0 saturated heterocycles. The van der Waals surface area contributed by atoms with Crippen molar-refractivity contribution in [1.82, 2.24) is 0 Å². The Morgan fingerprint density at radius 1 is 1.67 bits per heavy atom. The van der Waals surface area contributed by atoms with Crippen LogP contribution in [-0.4, -0.2) is 11.2 Å². The molecule has 1 heteroatoms. The van der Waals surface area contributed by atoms with E-state index in [-0.39, 0.29) is 6.10 Å². The Kier molecular flexibility index (Phi) is 2.62. The molecule has 1 aliphatic rings. The average molecular weight is 168 g/mol. The van der Waals surface area contributed by atoms with Crippen molar-refractivity contribution < 1.29 is 5.11 Å². The van der Waals surface area contributed by atoms with Crippen molar-refractivity contribution in [3.8, 4) is 0 Å². The lowest BCUT2D eigenvalue weighted by Crippen LogP contribution is -2.21. The van der Waals surface area contributed by atoms with Crippen LogP contribution in [0.1, 0.15) is 40.5 Å². The summed E-state index contributed by atoms with van der Waals surface area (Å²) in [7, 11) is 0. The van der Waals surface area contributed by atoms with Gasteiger partial charge in [-0.3, -0.25) is 0 Å². The molecule has 0 amide bonds. The minimum atomic E-state index is -0.159. The van der Waals surface area contributed by atoms with Crippen molar-refractivity contribution in [2.75, 3.05) is 0 Å². The topological polar surface area (TPSA) is 20.2 Å². The van der Waals surface area contributed by atoms with Crippen LogP contribution >= 0.6 is 0 Å². The highest BCUT2D eigenvalue weighted by Crippen LogP contribution is 2.42. The predicted octanol–water partition coefficient (Wildman–Crippen LogP) is 2.75. The SMILES string of the molecule is CC1=CC(C)(C)C(CC(C)O)C1. The first kappa shape index (κ1) is 9.79. The lowest BCUT2D eigenvalue weighted by molar-refractivity contribution is 0.133. The molecule has 1 rings (SSSR count). The quantitative estimate of drug-likeness (QED) is 0.629. The van der Waals surface area contributed by atoms with Crippen molar-refractivity contribution in [2.24, 2.45) is 11.3 Å². The Hall–Kier alpha value is -0.300. The van der Waals surface area contributed by atoms with Gasteiger partial charge >= 0.3 is 0 Å². The zero-order chi connectivity index (χ0) is 9.35. The monoisotopic (exact) mass is 168 g/mol. The molecule has 0 aliphatic heterocycles. The summed E-state index contributed by atoms with van der Waals surface area (Å²) < 4.78 is 0. The van der Waals surface area contributed by atoms with Gasteiger partial charge in [0, 0.05) is 0 Å². The molecule has 0 aromatic rings. The summed E-state index contributed by atoms with van der Waals surface area (Å²) >= 11 is 0. The van der Waals surface area contributed by atoms with Gasteiger partial charge in [-0.2, -0.15) is 0 Å². The van der Waals surface area contributed by atoms with Crippen molar-refractivity contribution in [1.29, 1.82) is 0 Å². The molecule has 0 aromatic heterocycles. The van der Waals surface area contributed by atoms with Crippen LogP contribution in [0.2, 0.25) is 0 Å². The van der Waals surface area contributed by atoms with E-state index in [4.69, 9.17) is 0 Å². The third-order valence-corrected chi connectivity index (χ3v) is 2.86. The van der Waals surface area contributed by atoms with E-state index in [1.54, 1.807) is 0 Å². The number of aliphatic hydroxyl groups is 1. The minimum Gasteiger partial charge on any atom is -0.393 e. The molecule has 0 aromatic carbocycles. The van der Waals surface area contributed by atoms with Crippen molar-refractivity contribution >= 4 is 0 Å². The molecule has 1 nitrogen and oxygen atoms in total. The van der Waals surface area contributed by atoms with E-state index in [1.807, 2.05) is 6.92 Å². The van der Waals surface area contributed by atoms with E-state index < -0.39 is 0 Å². The first-order valence-corrected chi connectivity index (χ1v) is 4.78. The second-order valence-corrected chi connectivity index (χ2v) is 4.80. The Morgan fingerprint density at radius 2 is 2.25 bits per heavy atom. The Bertz CT molecular complexity index is 189. The van der Waals surface area contributed by atoms with Crippen molar-refractivity contribution in [3.63, 3.8) is 0 Å². The van der Waals surface area contributed by atoms with E-state index in [1.165, 1.54) is 5.57 Å². The van der Waals surface area contributed by atoms with Gasteiger partial charge in [-0.05, 0) is 38.0 Å². The third kappa shape index (κ3) is 2.10. The summed E-state index contributed by atoms with van der Waals surface area (Å²) in [6.07, 6.45) is 4.28. The average Bonchev–Trinajstić information content (AvgIpc) is 2.04. The van der Waals surface area contributed by atoms with Gasteiger partial charge in [-0.1, -0.05) is 25.5 Å². The molecule has 1 N–H and O–H groups in total. The third-order valence-electron chi connectivity index (χ3n) is 2.86. The van der Waals surface area contributed by atoms with E-state index >= 15 is 0 Å². The molecular formula is C11H20O. The zero-order valence-electron chi connectivity index (χ0n) is 8.59. The van der Waals surface area contributed by atoms with Gasteiger partial charge in [0.2, 0.25) is 0 Å². The van der Waals surface area contributed by atoms with Gasteiger partial charge in [0.05, 0.1) is 6.10 Å². The van der Waals surface area contributed by atoms with Gasteiger partial charge in [0.25, 0.3) is 0 Å². The summed E-state index contributed by atoms with van der Waals surface area (Å²) in [5, 5.41) is 9.31. The van der Waals surface area contributed by atoms with Gasteiger partial charge in [-0.15, -0.1) is 0 Å². The highest BCUT2D eigenvalue weighted by molar-refractivity contribution is 5.15. The maximum absolute atomic E-state index is 9.31. The molecule has 70 valence electrons. The molecule has 1 aliphatic carbocycles. The predicted molar refractivity (Wildman–Crippen MR) is 51.9 cm³/mol. The van der Waals surface area contributed by atoms with Crippen LogP contribution in [0.5, 0.6) is 0 Å². The largest absolute Gasteiger partial charge is 0.393 e. The smallest absolute Gasteiger partial charge is 0.0515 e. The maximum Gasteiger partial charge on any atom is 0.0515 e. The van der Waals surface area contributed by atoms with Gasteiger partial charge in [0.1, 0.15) is 0 Å². The van der Waals surface area contributed by atoms with Gasteiger partial charge < -0.3 is 5.11 Å². The molecule has 0 spiro atoms. The van der Waals surface area contributed by atoms with Crippen LogP contribution in [0.15, 0.2) is 11.6 Å². The fourth-order valence-corrected chi connectivity index (χ4v) is 2.26. The van der Waals surface area contributed by atoms with Crippen molar-refractivity contribution in [3.05, 3.63) is 11.6 Å². The van der Waals surface area contributed by atoms with Crippen LogP contribution in [0.25, 0.3) is 0 Å². The summed E-state index contributed by atoms with van der Waals surface area (Å²) in [6.45, 7) is 8.58. The van der Waals surface area contributed by atoms with E-state index in [9.17, 15) is 5.11 Å². The zero-order valence-corrected chi connectivity index (χ0v) is 8.59. The van der Waals surface area contributed by atoms with Crippen LogP contribution < -0.4 is 0 Å². The minimum absolute atomic E-state index is 0.159. The van der Waals surface area contributed by atoms with E-state index in [2.05, 4.69) is 26.8 Å². The van der Waals surface area contributed by atoms with Gasteiger partial charge in [-0.25, -0.2) is 0 Å². The van der Waals surface area contributed by atoms with Crippen molar-refractivity contribution in [2.45, 2.75) is 46.6 Å². The highest BCUT2D eigenvalue weighted by Gasteiger charge is 2.33. The van der Waals surface area contributed by atoms with Crippen LogP contribution in [0.3, 0.4) is 0 Å². The van der Waals surface area contributed by atoms with Gasteiger partial charge in [0.15, 0.2) is 0 Å². The first-order valence-electron chi connectivity index (χ1n) is 4.78. The normalized spacial score (nSPS) is 30.1. The lowest BCUT2D eigenvalue weighted by Gasteiger charge is -2.27. The van der Waals surface area contributed by atoms with E-state index in [0.29, 0.717) is 11.3 Å². The molecule has 12 heavy (non-hydrogen) atoms. The summed E-state index contributed by atoms with van der Waals surface area (Å²) in [5.74, 6) is 0.637. The molecule has 2 atom stereocenters. The van der Waals surface area contributed by atoms with Crippen LogP contribution in [0.4, 0.5) is 0 Å². The Labute approximate surface area is 75.5 Å². The fourth-order valence-electron chi connectivity index (χ4n) is 2.26. The van der Waals surface area contributed by atoms with E-state index in [0.717, 1.165) is 12.8 Å². The Balaban J connectivity index is 2.60. The first-order chi connectivity index (χ1) is 5.42. The number of hydrogen-bond donors (Lipinski definition) is 1. The summed E-state index contributed by atoms with van der Waals surface area (Å²) in [5.41, 5.74) is 1.77. The molecule has 0 bridgehead atoms. The second kappa shape index (κ2) is 3.21. The number of rotatable bonds is 2. The standard InChI is InChI=1S/C11H20O/c1-8-5-10(6-9(2)12)11(3,4)7-8/h7,9-10,12H,5-6H2,1-4H3. The molecule has 0 fully saturated rings. The number of hydrogen-bond acceptors (Lipinski definition) is 1. The number of aliphatic hydroxyl groups excluding tert-OH is 1. The fraction of sp³-hybridized carbons (Fsp3) is 0.818. The summed E-state index contributed by atoms with van der Waals surface area (Å²) in [6, 6.07) is 0. The number of allylic oxidation sites excluding steroid dienone is 2. The lowest BCUT2D eigenvalue weighted by atomic mass is 9.79. The molecule has 0 heterocycles. The summed E-state index contributed by atoms with van der Waals surface area (Å²) in [4.78, 5) is 0. The van der Waals surface area contributed by atoms with Crippen LogP contribution in [-0.2, 0) is 0 Å². The van der Waals surface area contributed by atoms with Crippen LogP contribution in [0, 0.1) is 11.3 Å². The highest BCUT2D eigenvalue weighted by atomic mass is 16.3. The second-order valence-electron chi connectivity index (χ2n) is 4.80. The Morgan fingerprint density at radius 3 is 2.58 bits per heavy atom.